The van der Waals surface area contributed by atoms with Gasteiger partial charge >= 0.3 is 12.1 Å². The van der Waals surface area contributed by atoms with Crippen molar-refractivity contribution >= 4 is 5.91 Å². The Balaban J connectivity index is 1.79. The molecule has 0 spiro atoms. The van der Waals surface area contributed by atoms with Crippen molar-refractivity contribution in [1.29, 1.82) is 0 Å². The third-order valence-electron chi connectivity index (χ3n) is 3.70. The average Bonchev–Trinajstić information content (AvgIpc) is 2.99. The molecule has 1 unspecified atom stereocenters. The van der Waals surface area contributed by atoms with Gasteiger partial charge in [0.2, 0.25) is 5.91 Å². The van der Waals surface area contributed by atoms with E-state index in [4.69, 9.17) is 5.73 Å². The predicted octanol–water partition coefficient (Wildman–Crippen LogP) is 3.60. The number of hydrogen-bond acceptors (Lipinski definition) is 4. The SMILES string of the molecule is NC(=O)C(CCCCCc1noc(C(F)(F)F)n1)c1cccc(F)c1. The standard InChI is InChI=1S/C16H17F4N3O2/c17-11-6-4-5-10(9-11)12(14(21)24)7-2-1-3-8-13-22-15(25-23-13)16(18,19)20/h4-6,9,12H,1-3,7-8H2,(H2,21,24). The fraction of sp³-hybridized carbons (Fsp3) is 0.438. The lowest BCUT2D eigenvalue weighted by molar-refractivity contribution is -0.159. The van der Waals surface area contributed by atoms with Crippen molar-refractivity contribution in [3.8, 4) is 0 Å². The Hall–Kier alpha value is -2.45. The van der Waals surface area contributed by atoms with Crippen molar-refractivity contribution in [2.24, 2.45) is 5.73 Å². The zero-order valence-electron chi connectivity index (χ0n) is 13.2. The third-order valence-corrected chi connectivity index (χ3v) is 3.70. The number of aryl methyl sites for hydroxylation is 1. The van der Waals surface area contributed by atoms with Crippen LogP contribution in [-0.2, 0) is 17.4 Å². The number of hydrogen-bond donors (Lipinski definition) is 1. The highest BCUT2D eigenvalue weighted by atomic mass is 19.4. The molecule has 1 aromatic carbocycles. The minimum absolute atomic E-state index is 0.0103. The van der Waals surface area contributed by atoms with Crippen molar-refractivity contribution in [2.75, 3.05) is 0 Å². The molecule has 2 rings (SSSR count). The lowest BCUT2D eigenvalue weighted by atomic mass is 9.92. The first-order valence-electron chi connectivity index (χ1n) is 7.72. The van der Waals surface area contributed by atoms with Crippen molar-refractivity contribution in [1.82, 2.24) is 10.1 Å². The van der Waals surface area contributed by atoms with E-state index in [0.29, 0.717) is 31.2 Å². The minimum Gasteiger partial charge on any atom is -0.369 e. The highest BCUT2D eigenvalue weighted by molar-refractivity contribution is 5.81. The number of nitrogens with two attached hydrogens (primary N) is 1. The normalized spacial score (nSPS) is 13.0. The third kappa shape index (κ3) is 5.54. The van der Waals surface area contributed by atoms with Crippen LogP contribution in [0.4, 0.5) is 17.6 Å². The number of alkyl halides is 3. The lowest BCUT2D eigenvalue weighted by Crippen LogP contribution is -2.21. The monoisotopic (exact) mass is 359 g/mol. The van der Waals surface area contributed by atoms with Gasteiger partial charge in [-0.15, -0.1) is 0 Å². The second-order valence-electron chi connectivity index (χ2n) is 5.62. The highest BCUT2D eigenvalue weighted by Crippen LogP contribution is 2.27. The summed E-state index contributed by atoms with van der Waals surface area (Å²) in [6.45, 7) is 0. The first-order valence-corrected chi connectivity index (χ1v) is 7.72. The van der Waals surface area contributed by atoms with Crippen LogP contribution in [0.25, 0.3) is 0 Å². The van der Waals surface area contributed by atoms with Crippen LogP contribution in [0.5, 0.6) is 0 Å². The second kappa shape index (κ2) is 8.09. The summed E-state index contributed by atoms with van der Waals surface area (Å²) in [6.07, 6.45) is -2.21. The molecule has 1 atom stereocenters. The molecule has 0 saturated heterocycles. The van der Waals surface area contributed by atoms with Crippen molar-refractivity contribution < 1.29 is 26.9 Å². The zero-order chi connectivity index (χ0) is 18.4. The summed E-state index contributed by atoms with van der Waals surface area (Å²) in [5.41, 5.74) is 5.88. The molecule has 1 amide bonds. The van der Waals surface area contributed by atoms with E-state index < -0.39 is 29.7 Å². The summed E-state index contributed by atoms with van der Waals surface area (Å²) in [4.78, 5) is 14.8. The highest BCUT2D eigenvalue weighted by Gasteiger charge is 2.38. The van der Waals surface area contributed by atoms with Crippen LogP contribution in [-0.4, -0.2) is 16.0 Å². The van der Waals surface area contributed by atoms with Gasteiger partial charge in [0, 0.05) is 6.42 Å². The molecule has 0 aliphatic carbocycles. The molecule has 1 heterocycles. The maximum Gasteiger partial charge on any atom is 0.471 e. The van der Waals surface area contributed by atoms with E-state index in [1.807, 2.05) is 0 Å². The zero-order valence-corrected chi connectivity index (χ0v) is 13.2. The summed E-state index contributed by atoms with van der Waals surface area (Å²) < 4.78 is 54.4. The number of rotatable bonds is 8. The summed E-state index contributed by atoms with van der Waals surface area (Å²) >= 11 is 0. The number of aromatic nitrogens is 2. The average molecular weight is 359 g/mol. The summed E-state index contributed by atoms with van der Waals surface area (Å²) in [5, 5.41) is 3.28. The number of benzene rings is 1. The van der Waals surface area contributed by atoms with Crippen LogP contribution >= 0.6 is 0 Å². The van der Waals surface area contributed by atoms with Gasteiger partial charge in [-0.3, -0.25) is 4.79 Å². The molecule has 25 heavy (non-hydrogen) atoms. The largest absolute Gasteiger partial charge is 0.471 e. The van der Waals surface area contributed by atoms with E-state index in [2.05, 4.69) is 14.7 Å². The topological polar surface area (TPSA) is 82.0 Å². The van der Waals surface area contributed by atoms with Crippen LogP contribution in [0.1, 0.15) is 48.9 Å². The number of nitrogens with zero attached hydrogens (tertiary/aromatic N) is 2. The first kappa shape index (κ1) is 18.9. The van der Waals surface area contributed by atoms with Crippen molar-refractivity contribution in [2.45, 2.75) is 44.2 Å². The Morgan fingerprint density at radius 1 is 1.24 bits per heavy atom. The number of primary amides is 1. The van der Waals surface area contributed by atoms with Gasteiger partial charge in [-0.25, -0.2) is 4.39 Å². The first-order chi connectivity index (χ1) is 11.8. The number of amides is 1. The molecule has 1 aromatic heterocycles. The van der Waals surface area contributed by atoms with Crippen molar-refractivity contribution in [3.63, 3.8) is 0 Å². The molecule has 0 saturated carbocycles. The van der Waals surface area contributed by atoms with E-state index in [1.165, 1.54) is 18.2 Å². The van der Waals surface area contributed by atoms with Crippen LogP contribution in [0.3, 0.4) is 0 Å². The molecule has 0 radical (unpaired) electrons. The predicted molar refractivity (Wildman–Crippen MR) is 79.8 cm³/mol. The quantitative estimate of drug-likeness (QED) is 0.577. The summed E-state index contributed by atoms with van der Waals surface area (Å²) in [7, 11) is 0. The van der Waals surface area contributed by atoms with E-state index in [-0.39, 0.29) is 12.2 Å². The molecular formula is C16H17F4N3O2. The number of unbranched alkanes of at least 4 members (excludes halogenated alkanes) is 2. The molecule has 2 N–H and O–H groups in total. The van der Waals surface area contributed by atoms with Crippen molar-refractivity contribution in [3.05, 3.63) is 47.4 Å². The van der Waals surface area contributed by atoms with E-state index in [0.717, 1.165) is 0 Å². The molecule has 9 heteroatoms. The van der Waals surface area contributed by atoms with E-state index in [9.17, 15) is 22.4 Å². The maximum absolute atomic E-state index is 13.3. The maximum atomic E-state index is 13.3. The number of halogens is 4. The van der Waals surface area contributed by atoms with Crippen LogP contribution in [0, 0.1) is 5.82 Å². The van der Waals surface area contributed by atoms with Gasteiger partial charge in [-0.2, -0.15) is 18.2 Å². The number of carbonyl (C=O) groups is 1. The molecule has 0 bridgehead atoms. The molecule has 5 nitrogen and oxygen atoms in total. The minimum atomic E-state index is -4.65. The Morgan fingerprint density at radius 2 is 2.00 bits per heavy atom. The Morgan fingerprint density at radius 3 is 2.60 bits per heavy atom. The van der Waals surface area contributed by atoms with Gasteiger partial charge in [0.25, 0.3) is 0 Å². The Bertz CT molecular complexity index is 715. The van der Waals surface area contributed by atoms with E-state index >= 15 is 0 Å². The molecule has 136 valence electrons. The fourth-order valence-electron chi connectivity index (χ4n) is 2.48. The lowest BCUT2D eigenvalue weighted by Gasteiger charge is -2.13. The Labute approximate surface area is 141 Å². The van der Waals surface area contributed by atoms with Gasteiger partial charge in [-0.05, 0) is 30.5 Å². The fourth-order valence-corrected chi connectivity index (χ4v) is 2.48. The van der Waals surface area contributed by atoms with Gasteiger partial charge in [-0.1, -0.05) is 30.1 Å². The number of carbonyl (C=O) groups excluding carboxylic acids is 1. The van der Waals surface area contributed by atoms with Crippen LogP contribution < -0.4 is 5.73 Å². The van der Waals surface area contributed by atoms with Gasteiger partial charge < -0.3 is 10.3 Å². The molecule has 2 aromatic rings. The smallest absolute Gasteiger partial charge is 0.369 e. The summed E-state index contributed by atoms with van der Waals surface area (Å²) in [6, 6.07) is 5.70. The van der Waals surface area contributed by atoms with Gasteiger partial charge in [0.05, 0.1) is 5.92 Å². The van der Waals surface area contributed by atoms with Crippen LogP contribution in [0.2, 0.25) is 0 Å². The molecule has 0 aliphatic heterocycles. The van der Waals surface area contributed by atoms with E-state index in [1.54, 1.807) is 6.07 Å². The van der Waals surface area contributed by atoms with Gasteiger partial charge in [0.15, 0.2) is 5.82 Å². The molecule has 0 aliphatic rings. The Kier molecular flexibility index (Phi) is 6.11. The molecular weight excluding hydrogens is 342 g/mol. The molecule has 0 fully saturated rings. The van der Waals surface area contributed by atoms with Crippen LogP contribution in [0.15, 0.2) is 28.8 Å². The van der Waals surface area contributed by atoms with Gasteiger partial charge in [0.1, 0.15) is 5.82 Å². The second-order valence-corrected chi connectivity index (χ2v) is 5.62. The summed E-state index contributed by atoms with van der Waals surface area (Å²) in [5.74, 6) is -2.95.